The van der Waals surface area contributed by atoms with E-state index in [-0.39, 0.29) is 11.8 Å². The van der Waals surface area contributed by atoms with Crippen LogP contribution in [0, 0.1) is 0 Å². The molecule has 2 heterocycles. The molecule has 0 saturated carbocycles. The highest BCUT2D eigenvalue weighted by Gasteiger charge is 2.31. The first-order valence-electron chi connectivity index (χ1n) is 8.79. The molecule has 0 radical (unpaired) electrons. The molecule has 132 valence electrons. The van der Waals surface area contributed by atoms with Crippen molar-refractivity contribution in [3.05, 3.63) is 71.9 Å². The van der Waals surface area contributed by atoms with Crippen LogP contribution in [0.25, 0.3) is 10.8 Å². The summed E-state index contributed by atoms with van der Waals surface area (Å²) in [6.07, 6.45) is 1.67. The van der Waals surface area contributed by atoms with Gasteiger partial charge in [0.05, 0.1) is 6.10 Å². The van der Waals surface area contributed by atoms with Crippen molar-refractivity contribution >= 4 is 22.5 Å². The molecule has 26 heavy (non-hydrogen) atoms. The maximum atomic E-state index is 12.6. The topological polar surface area (TPSA) is 79.5 Å². The lowest BCUT2D eigenvalue weighted by Gasteiger charge is -2.36. The molecule has 1 amide bonds. The normalized spacial score (nSPS) is 20.3. The molecule has 2 atom stereocenters. The van der Waals surface area contributed by atoms with Gasteiger partial charge >= 0.3 is 0 Å². The number of pyridine rings is 1. The van der Waals surface area contributed by atoms with E-state index in [0.29, 0.717) is 24.5 Å². The predicted octanol–water partition coefficient (Wildman–Crippen LogP) is 2.81. The summed E-state index contributed by atoms with van der Waals surface area (Å²) < 4.78 is 0. The Morgan fingerprint density at radius 2 is 1.92 bits per heavy atom. The molecule has 0 unspecified atom stereocenters. The minimum absolute atomic E-state index is 0.0335. The highest BCUT2D eigenvalue weighted by molar-refractivity contribution is 5.94. The summed E-state index contributed by atoms with van der Waals surface area (Å²) in [5.74, 6) is 0.240. The molecular formula is C21H21N3O2. The SMILES string of the molecule is Nc1cc(C(=O)N2CC[C@H](c3ccc4ccccc4c3)[C@@H](O)C2)ccn1. The fraction of sp³-hybridized carbons (Fsp3) is 0.238. The van der Waals surface area contributed by atoms with E-state index < -0.39 is 6.10 Å². The fourth-order valence-corrected chi connectivity index (χ4v) is 3.71. The molecule has 3 aromatic rings. The molecule has 1 aliphatic heterocycles. The van der Waals surface area contributed by atoms with Crippen LogP contribution in [0.4, 0.5) is 5.82 Å². The molecule has 1 aromatic heterocycles. The number of carbonyl (C=O) groups is 1. The number of β-amino-alcohol motifs (C(OH)–C–C–N with tert-alkyl or cyclic N) is 1. The molecule has 1 saturated heterocycles. The van der Waals surface area contributed by atoms with Crippen LogP contribution in [0.15, 0.2) is 60.8 Å². The number of likely N-dealkylation sites (tertiary alicyclic amines) is 1. The van der Waals surface area contributed by atoms with Crippen LogP contribution in [0.1, 0.15) is 28.3 Å². The molecule has 0 spiro atoms. The first kappa shape index (κ1) is 16.5. The van der Waals surface area contributed by atoms with Crippen molar-refractivity contribution in [3.63, 3.8) is 0 Å². The average Bonchev–Trinajstić information content (AvgIpc) is 2.67. The maximum absolute atomic E-state index is 12.6. The van der Waals surface area contributed by atoms with Gasteiger partial charge in [0.1, 0.15) is 5.82 Å². The molecule has 5 heteroatoms. The number of aliphatic hydroxyl groups is 1. The number of amides is 1. The zero-order chi connectivity index (χ0) is 18.1. The van der Waals surface area contributed by atoms with Crippen molar-refractivity contribution in [2.24, 2.45) is 0 Å². The largest absolute Gasteiger partial charge is 0.391 e. The fourth-order valence-electron chi connectivity index (χ4n) is 3.71. The quantitative estimate of drug-likeness (QED) is 0.747. The second-order valence-corrected chi connectivity index (χ2v) is 6.79. The van der Waals surface area contributed by atoms with E-state index in [0.717, 1.165) is 12.0 Å². The van der Waals surface area contributed by atoms with Crippen LogP contribution >= 0.6 is 0 Å². The zero-order valence-corrected chi connectivity index (χ0v) is 14.4. The highest BCUT2D eigenvalue weighted by atomic mass is 16.3. The second-order valence-electron chi connectivity index (χ2n) is 6.79. The Hall–Kier alpha value is -2.92. The van der Waals surface area contributed by atoms with E-state index in [4.69, 9.17) is 5.73 Å². The number of carbonyl (C=O) groups excluding carboxylic acids is 1. The second kappa shape index (κ2) is 6.77. The van der Waals surface area contributed by atoms with Gasteiger partial charge in [-0.1, -0.05) is 42.5 Å². The van der Waals surface area contributed by atoms with Gasteiger partial charge in [0.2, 0.25) is 0 Å². The summed E-state index contributed by atoms with van der Waals surface area (Å²) in [6, 6.07) is 17.7. The smallest absolute Gasteiger partial charge is 0.254 e. The van der Waals surface area contributed by atoms with Gasteiger partial charge in [-0.15, -0.1) is 0 Å². The van der Waals surface area contributed by atoms with Gasteiger partial charge in [-0.25, -0.2) is 4.98 Å². The van der Waals surface area contributed by atoms with E-state index in [1.54, 1.807) is 17.0 Å². The summed E-state index contributed by atoms with van der Waals surface area (Å²) in [6.45, 7) is 0.925. The van der Waals surface area contributed by atoms with Crippen molar-refractivity contribution in [1.82, 2.24) is 9.88 Å². The van der Waals surface area contributed by atoms with E-state index >= 15 is 0 Å². The van der Waals surface area contributed by atoms with E-state index in [2.05, 4.69) is 35.3 Å². The first-order chi connectivity index (χ1) is 12.6. The van der Waals surface area contributed by atoms with Gasteiger partial charge in [0, 0.05) is 30.8 Å². The average molecular weight is 347 g/mol. The van der Waals surface area contributed by atoms with Crippen LogP contribution in [0.2, 0.25) is 0 Å². The number of fused-ring (bicyclic) bond motifs is 1. The zero-order valence-electron chi connectivity index (χ0n) is 14.4. The molecule has 0 aliphatic carbocycles. The Labute approximate surface area is 152 Å². The number of aromatic nitrogens is 1. The summed E-state index contributed by atoms with van der Waals surface area (Å²) in [5, 5.41) is 13.0. The molecule has 0 bridgehead atoms. The Kier molecular flexibility index (Phi) is 4.31. The number of nitrogens with two attached hydrogens (primary N) is 1. The highest BCUT2D eigenvalue weighted by Crippen LogP contribution is 2.31. The number of piperidine rings is 1. The monoisotopic (exact) mass is 347 g/mol. The summed E-state index contributed by atoms with van der Waals surface area (Å²) in [7, 11) is 0. The Bertz CT molecular complexity index is 957. The van der Waals surface area contributed by atoms with Crippen LogP contribution in [0.3, 0.4) is 0 Å². The third-order valence-corrected chi connectivity index (χ3v) is 5.10. The van der Waals surface area contributed by atoms with Gasteiger partial charge < -0.3 is 15.7 Å². The van der Waals surface area contributed by atoms with Crippen molar-refractivity contribution < 1.29 is 9.90 Å². The standard InChI is InChI=1S/C21H21N3O2/c22-20-12-17(7-9-23-20)21(26)24-10-8-18(19(25)13-24)16-6-5-14-3-1-2-4-15(14)11-16/h1-7,9,11-12,18-19,25H,8,10,13H2,(H2,22,23)/t18-,19+/m1/s1. The number of aliphatic hydroxyl groups excluding tert-OH is 1. The number of nitrogen functional groups attached to an aromatic ring is 1. The van der Waals surface area contributed by atoms with Gasteiger partial charge in [0.15, 0.2) is 0 Å². The Balaban J connectivity index is 1.51. The molecule has 3 N–H and O–H groups in total. The summed E-state index contributed by atoms with van der Waals surface area (Å²) in [4.78, 5) is 18.3. The summed E-state index contributed by atoms with van der Waals surface area (Å²) in [5.41, 5.74) is 7.30. The number of hydrogen-bond acceptors (Lipinski definition) is 4. The molecule has 2 aromatic carbocycles. The van der Waals surface area contributed by atoms with Crippen molar-refractivity contribution in [2.45, 2.75) is 18.4 Å². The molecule has 5 nitrogen and oxygen atoms in total. The minimum Gasteiger partial charge on any atom is -0.391 e. The molecule has 1 fully saturated rings. The van der Waals surface area contributed by atoms with E-state index in [1.807, 2.05) is 12.1 Å². The number of nitrogens with zero attached hydrogens (tertiary/aromatic N) is 2. The lowest BCUT2D eigenvalue weighted by molar-refractivity contribution is 0.0382. The lowest BCUT2D eigenvalue weighted by atomic mass is 9.86. The van der Waals surface area contributed by atoms with Crippen molar-refractivity contribution in [2.75, 3.05) is 18.8 Å². The molecule has 1 aliphatic rings. The Morgan fingerprint density at radius 1 is 1.12 bits per heavy atom. The van der Waals surface area contributed by atoms with E-state index in [9.17, 15) is 9.90 Å². The predicted molar refractivity (Wildman–Crippen MR) is 102 cm³/mol. The van der Waals surface area contributed by atoms with Gasteiger partial charge in [-0.3, -0.25) is 4.79 Å². The van der Waals surface area contributed by atoms with Gasteiger partial charge in [-0.2, -0.15) is 0 Å². The van der Waals surface area contributed by atoms with Crippen LogP contribution in [0.5, 0.6) is 0 Å². The van der Waals surface area contributed by atoms with Crippen molar-refractivity contribution in [3.8, 4) is 0 Å². The van der Waals surface area contributed by atoms with Crippen molar-refractivity contribution in [1.29, 1.82) is 0 Å². The lowest BCUT2D eigenvalue weighted by Crippen LogP contribution is -2.45. The van der Waals surface area contributed by atoms with E-state index in [1.165, 1.54) is 17.0 Å². The maximum Gasteiger partial charge on any atom is 0.254 e. The molecular weight excluding hydrogens is 326 g/mol. The minimum atomic E-state index is -0.590. The third-order valence-electron chi connectivity index (χ3n) is 5.10. The van der Waals surface area contributed by atoms with Gasteiger partial charge in [0.25, 0.3) is 5.91 Å². The van der Waals surface area contributed by atoms with Crippen LogP contribution < -0.4 is 5.73 Å². The van der Waals surface area contributed by atoms with Gasteiger partial charge in [-0.05, 0) is 34.9 Å². The molecule has 4 rings (SSSR count). The third kappa shape index (κ3) is 3.13. The summed E-state index contributed by atoms with van der Waals surface area (Å²) >= 11 is 0. The van der Waals surface area contributed by atoms with Crippen LogP contribution in [-0.2, 0) is 0 Å². The first-order valence-corrected chi connectivity index (χ1v) is 8.79. The van der Waals surface area contributed by atoms with Crippen LogP contribution in [-0.4, -0.2) is 40.1 Å². The number of anilines is 1. The number of hydrogen-bond donors (Lipinski definition) is 2. The Morgan fingerprint density at radius 3 is 2.69 bits per heavy atom. The number of rotatable bonds is 2. The number of benzene rings is 2.